The first-order valence-electron chi connectivity index (χ1n) is 4.41. The number of esters is 1. The zero-order valence-corrected chi connectivity index (χ0v) is 8.24. The van der Waals surface area contributed by atoms with Crippen LogP contribution in [0.1, 0.15) is 20.3 Å². The van der Waals surface area contributed by atoms with E-state index in [0.29, 0.717) is 18.9 Å². The fraction of sp³-hybridized carbons (Fsp3) is 0.778. The molecule has 0 N–H and O–H groups in total. The van der Waals surface area contributed by atoms with Crippen LogP contribution in [0, 0.1) is 5.92 Å². The molecule has 74 valence electrons. The van der Waals surface area contributed by atoms with Gasteiger partial charge in [0.05, 0.1) is 7.11 Å². The van der Waals surface area contributed by atoms with Crippen molar-refractivity contribution in [2.75, 3.05) is 13.7 Å². The van der Waals surface area contributed by atoms with Gasteiger partial charge in [-0.05, 0) is 12.3 Å². The number of ether oxygens (including phenoxy) is 1. The summed E-state index contributed by atoms with van der Waals surface area (Å²) in [6.07, 6.45) is 0.715. The zero-order chi connectivity index (χ0) is 10.0. The van der Waals surface area contributed by atoms with Gasteiger partial charge in [-0.25, -0.2) is 4.79 Å². The number of nitrogens with zero attached hydrogens (tertiary/aromatic N) is 1. The van der Waals surface area contributed by atoms with Crippen LogP contribution >= 0.6 is 0 Å². The van der Waals surface area contributed by atoms with Crippen molar-refractivity contribution in [2.24, 2.45) is 5.92 Å². The summed E-state index contributed by atoms with van der Waals surface area (Å²) in [5.74, 6) is 0.0206. The average Bonchev–Trinajstić information content (AvgIpc) is 2.46. The molecule has 1 fully saturated rings. The third-order valence-corrected chi connectivity index (χ3v) is 2.39. The molecule has 2 unspecified atom stereocenters. The van der Waals surface area contributed by atoms with E-state index in [0.717, 1.165) is 0 Å². The predicted molar refractivity (Wildman–Crippen MR) is 47.0 cm³/mol. The van der Waals surface area contributed by atoms with E-state index in [-0.39, 0.29) is 17.9 Å². The van der Waals surface area contributed by atoms with Gasteiger partial charge in [-0.15, -0.1) is 0 Å². The Kier molecular flexibility index (Phi) is 2.90. The van der Waals surface area contributed by atoms with Gasteiger partial charge < -0.3 is 9.64 Å². The molecule has 13 heavy (non-hydrogen) atoms. The second-order valence-corrected chi connectivity index (χ2v) is 3.55. The molecule has 1 amide bonds. The number of methoxy groups -OCH3 is 1. The van der Waals surface area contributed by atoms with Gasteiger partial charge in [0, 0.05) is 13.5 Å². The summed E-state index contributed by atoms with van der Waals surface area (Å²) >= 11 is 0. The summed E-state index contributed by atoms with van der Waals surface area (Å²) in [7, 11) is 1.35. The Morgan fingerprint density at radius 1 is 1.46 bits per heavy atom. The van der Waals surface area contributed by atoms with Crippen molar-refractivity contribution in [3.63, 3.8) is 0 Å². The lowest BCUT2D eigenvalue weighted by Crippen LogP contribution is -2.39. The van der Waals surface area contributed by atoms with Gasteiger partial charge >= 0.3 is 5.97 Å². The molecular formula is C9H15NO3. The van der Waals surface area contributed by atoms with E-state index in [1.54, 1.807) is 4.90 Å². The topological polar surface area (TPSA) is 46.6 Å². The number of amides is 1. The zero-order valence-electron chi connectivity index (χ0n) is 8.24. The van der Waals surface area contributed by atoms with Crippen LogP contribution in [-0.4, -0.2) is 36.5 Å². The smallest absolute Gasteiger partial charge is 0.328 e. The number of hydrogen-bond donors (Lipinski definition) is 0. The Morgan fingerprint density at radius 3 is 2.54 bits per heavy atom. The Bertz CT molecular complexity index is 227. The van der Waals surface area contributed by atoms with E-state index in [4.69, 9.17) is 0 Å². The second kappa shape index (κ2) is 3.77. The minimum absolute atomic E-state index is 0.0558. The lowest BCUT2D eigenvalue weighted by molar-refractivity contribution is -0.150. The van der Waals surface area contributed by atoms with Crippen molar-refractivity contribution >= 4 is 11.9 Å². The summed E-state index contributed by atoms with van der Waals surface area (Å²) in [5.41, 5.74) is 0. The van der Waals surface area contributed by atoms with Gasteiger partial charge in [0.25, 0.3) is 0 Å². The minimum Gasteiger partial charge on any atom is -0.467 e. The van der Waals surface area contributed by atoms with Crippen LogP contribution in [0.2, 0.25) is 0 Å². The number of rotatable bonds is 1. The summed E-state index contributed by atoms with van der Waals surface area (Å²) in [5, 5.41) is 0. The minimum atomic E-state index is -0.363. The first-order valence-corrected chi connectivity index (χ1v) is 4.41. The Labute approximate surface area is 77.8 Å². The Hall–Kier alpha value is -1.06. The summed E-state index contributed by atoms with van der Waals surface area (Å²) < 4.78 is 4.63. The molecule has 0 bridgehead atoms. The molecule has 1 saturated heterocycles. The predicted octanol–water partition coefficient (Wildman–Crippen LogP) is 0.416. The van der Waals surface area contributed by atoms with Crippen LogP contribution in [0.5, 0.6) is 0 Å². The van der Waals surface area contributed by atoms with Gasteiger partial charge in [0.1, 0.15) is 6.04 Å². The molecule has 1 heterocycles. The molecule has 0 aliphatic carbocycles. The molecule has 0 radical (unpaired) electrons. The largest absolute Gasteiger partial charge is 0.467 e. The van der Waals surface area contributed by atoms with Crippen molar-refractivity contribution in [1.29, 1.82) is 0 Å². The van der Waals surface area contributed by atoms with Crippen molar-refractivity contribution in [3.05, 3.63) is 0 Å². The molecule has 0 aromatic rings. The molecule has 1 aliphatic heterocycles. The lowest BCUT2D eigenvalue weighted by atomic mass is 10.1. The quantitative estimate of drug-likeness (QED) is 0.556. The summed E-state index contributed by atoms with van der Waals surface area (Å²) in [6, 6.07) is -0.363. The number of likely N-dealkylation sites (tertiary alicyclic amines) is 1. The molecule has 2 atom stereocenters. The van der Waals surface area contributed by atoms with Crippen molar-refractivity contribution in [2.45, 2.75) is 26.3 Å². The molecule has 0 spiro atoms. The average molecular weight is 185 g/mol. The maximum Gasteiger partial charge on any atom is 0.328 e. The van der Waals surface area contributed by atoms with Crippen LogP contribution in [0.4, 0.5) is 0 Å². The van der Waals surface area contributed by atoms with Crippen LogP contribution in [0.3, 0.4) is 0 Å². The van der Waals surface area contributed by atoms with Crippen LogP contribution < -0.4 is 0 Å². The molecular weight excluding hydrogens is 170 g/mol. The Morgan fingerprint density at radius 2 is 2.08 bits per heavy atom. The van der Waals surface area contributed by atoms with E-state index < -0.39 is 0 Å². The van der Waals surface area contributed by atoms with Crippen molar-refractivity contribution < 1.29 is 14.3 Å². The van der Waals surface area contributed by atoms with Gasteiger partial charge in [-0.1, -0.05) is 6.92 Å². The first-order chi connectivity index (χ1) is 6.06. The molecule has 0 aromatic heterocycles. The van der Waals surface area contributed by atoms with E-state index >= 15 is 0 Å². The lowest BCUT2D eigenvalue weighted by Gasteiger charge is -2.20. The summed E-state index contributed by atoms with van der Waals surface area (Å²) in [4.78, 5) is 24.0. The molecule has 1 rings (SSSR count). The highest BCUT2D eigenvalue weighted by Crippen LogP contribution is 2.23. The van der Waals surface area contributed by atoms with Gasteiger partial charge in [-0.2, -0.15) is 0 Å². The molecule has 4 nitrogen and oxygen atoms in total. The van der Waals surface area contributed by atoms with Gasteiger partial charge in [-0.3, -0.25) is 4.79 Å². The third-order valence-electron chi connectivity index (χ3n) is 2.39. The standard InChI is InChI=1S/C9H15NO3/c1-6-4-8(9(12)13-3)10(5-6)7(2)11/h6,8H,4-5H2,1-3H3. The second-order valence-electron chi connectivity index (χ2n) is 3.55. The van der Waals surface area contributed by atoms with E-state index in [1.807, 2.05) is 6.92 Å². The molecule has 0 aromatic carbocycles. The van der Waals surface area contributed by atoms with Crippen LogP contribution in [0.25, 0.3) is 0 Å². The van der Waals surface area contributed by atoms with E-state index in [1.165, 1.54) is 14.0 Å². The highest BCUT2D eigenvalue weighted by molar-refractivity contribution is 5.83. The van der Waals surface area contributed by atoms with Gasteiger partial charge in [0.15, 0.2) is 0 Å². The fourth-order valence-corrected chi connectivity index (χ4v) is 1.75. The normalized spacial score (nSPS) is 27.5. The maximum absolute atomic E-state index is 11.3. The van der Waals surface area contributed by atoms with E-state index in [2.05, 4.69) is 4.74 Å². The van der Waals surface area contributed by atoms with Crippen LogP contribution in [0.15, 0.2) is 0 Å². The van der Waals surface area contributed by atoms with Crippen molar-refractivity contribution in [3.8, 4) is 0 Å². The van der Waals surface area contributed by atoms with E-state index in [9.17, 15) is 9.59 Å². The Balaban J connectivity index is 2.71. The number of hydrogen-bond acceptors (Lipinski definition) is 3. The molecule has 0 saturated carbocycles. The summed E-state index contributed by atoms with van der Waals surface area (Å²) in [6.45, 7) is 4.17. The highest BCUT2D eigenvalue weighted by atomic mass is 16.5. The van der Waals surface area contributed by atoms with Gasteiger partial charge in [0.2, 0.25) is 5.91 Å². The number of carbonyl (C=O) groups excluding carboxylic acids is 2. The molecule has 1 aliphatic rings. The SMILES string of the molecule is COC(=O)C1CC(C)CN1C(C)=O. The maximum atomic E-state index is 11.3. The fourth-order valence-electron chi connectivity index (χ4n) is 1.75. The molecule has 4 heteroatoms. The first kappa shape index (κ1) is 10.0. The van der Waals surface area contributed by atoms with Crippen molar-refractivity contribution in [1.82, 2.24) is 4.90 Å². The monoisotopic (exact) mass is 185 g/mol. The third kappa shape index (κ3) is 1.99. The highest BCUT2D eigenvalue weighted by Gasteiger charge is 2.36. The van der Waals surface area contributed by atoms with Crippen LogP contribution in [-0.2, 0) is 14.3 Å². The number of carbonyl (C=O) groups is 2.